The van der Waals surface area contributed by atoms with Gasteiger partial charge in [0.15, 0.2) is 11.5 Å². The van der Waals surface area contributed by atoms with E-state index in [0.717, 1.165) is 11.1 Å². The first-order chi connectivity index (χ1) is 11.4. The summed E-state index contributed by atoms with van der Waals surface area (Å²) in [6.07, 6.45) is 5.74. The molecule has 124 valence electrons. The minimum Gasteiger partial charge on any atom is -0.493 e. The Morgan fingerprint density at radius 1 is 1.33 bits per heavy atom. The predicted octanol–water partition coefficient (Wildman–Crippen LogP) is 2.41. The Bertz CT molecular complexity index is 792. The van der Waals surface area contributed by atoms with E-state index in [2.05, 4.69) is 25.1 Å². The quantitative estimate of drug-likeness (QED) is 0.524. The Morgan fingerprint density at radius 2 is 1.96 bits per heavy atom. The topological polar surface area (TPSA) is 71.4 Å². The van der Waals surface area contributed by atoms with Crippen molar-refractivity contribution < 1.29 is 14.3 Å². The standard InChI is InChI=1S/C19H20N2O3/c1-6-7-21-18(22)14(11-20)13-10-19(2,3)15-9-17(24-5)16(23-4)8-12(13)15/h1,8-9H,7,10H2,2-5H3,(H,21,22). The SMILES string of the molecule is C#CCNC(=O)C(C#N)=C1CC(C)(C)c2cc(OC)c(OC)cc21. The molecule has 2 rings (SSSR count). The Balaban J connectivity index is 2.66. The van der Waals surface area contributed by atoms with Gasteiger partial charge in [-0.2, -0.15) is 5.26 Å². The van der Waals surface area contributed by atoms with Crippen LogP contribution < -0.4 is 14.8 Å². The van der Waals surface area contributed by atoms with Crippen molar-refractivity contribution >= 4 is 11.5 Å². The number of hydrogen-bond acceptors (Lipinski definition) is 4. The molecule has 1 aromatic carbocycles. The zero-order valence-electron chi connectivity index (χ0n) is 14.3. The van der Waals surface area contributed by atoms with Crippen molar-refractivity contribution in [3.05, 3.63) is 28.8 Å². The molecule has 5 heteroatoms. The van der Waals surface area contributed by atoms with Gasteiger partial charge in [0.25, 0.3) is 5.91 Å². The van der Waals surface area contributed by atoms with Crippen LogP contribution in [0.5, 0.6) is 11.5 Å². The van der Waals surface area contributed by atoms with Gasteiger partial charge in [0.1, 0.15) is 11.6 Å². The van der Waals surface area contributed by atoms with Gasteiger partial charge in [-0.25, -0.2) is 0 Å². The lowest BCUT2D eigenvalue weighted by atomic mass is 9.86. The maximum absolute atomic E-state index is 12.3. The summed E-state index contributed by atoms with van der Waals surface area (Å²) in [7, 11) is 3.13. The van der Waals surface area contributed by atoms with Crippen molar-refractivity contribution in [3.63, 3.8) is 0 Å². The number of rotatable bonds is 4. The van der Waals surface area contributed by atoms with Gasteiger partial charge in [-0.1, -0.05) is 19.8 Å². The van der Waals surface area contributed by atoms with Crippen LogP contribution in [0.4, 0.5) is 0 Å². The lowest BCUT2D eigenvalue weighted by molar-refractivity contribution is -0.116. The molecule has 1 aromatic rings. The predicted molar refractivity (Wildman–Crippen MR) is 91.6 cm³/mol. The zero-order chi connectivity index (χ0) is 17.9. The molecule has 1 amide bonds. The summed E-state index contributed by atoms with van der Waals surface area (Å²) >= 11 is 0. The number of benzene rings is 1. The van der Waals surface area contributed by atoms with Crippen molar-refractivity contribution in [2.45, 2.75) is 25.7 Å². The smallest absolute Gasteiger partial charge is 0.262 e. The van der Waals surface area contributed by atoms with E-state index < -0.39 is 5.91 Å². The van der Waals surface area contributed by atoms with Crippen LogP contribution in [0, 0.1) is 23.7 Å². The fraction of sp³-hybridized carbons (Fsp3) is 0.368. The van der Waals surface area contributed by atoms with Crippen LogP contribution in [0.3, 0.4) is 0 Å². The van der Waals surface area contributed by atoms with Crippen LogP contribution in [0.1, 0.15) is 31.4 Å². The Hall–Kier alpha value is -2.92. The molecular weight excluding hydrogens is 304 g/mol. The second-order valence-electron chi connectivity index (χ2n) is 6.17. The number of ether oxygens (including phenoxy) is 2. The summed E-state index contributed by atoms with van der Waals surface area (Å²) in [6.45, 7) is 4.22. The molecule has 24 heavy (non-hydrogen) atoms. The number of carbonyl (C=O) groups excluding carboxylic acids is 1. The van der Waals surface area contributed by atoms with Gasteiger partial charge in [0.05, 0.1) is 20.8 Å². The van der Waals surface area contributed by atoms with Crippen molar-refractivity contribution in [1.29, 1.82) is 5.26 Å². The number of nitriles is 1. The van der Waals surface area contributed by atoms with E-state index in [-0.39, 0.29) is 17.5 Å². The van der Waals surface area contributed by atoms with Crippen LogP contribution >= 0.6 is 0 Å². The van der Waals surface area contributed by atoms with E-state index >= 15 is 0 Å². The highest BCUT2D eigenvalue weighted by atomic mass is 16.5. The highest BCUT2D eigenvalue weighted by Crippen LogP contribution is 2.50. The summed E-state index contributed by atoms with van der Waals surface area (Å²) in [4.78, 5) is 12.3. The van der Waals surface area contributed by atoms with E-state index in [1.165, 1.54) is 0 Å². The second kappa shape index (κ2) is 6.68. The number of nitrogens with zero attached hydrogens (tertiary/aromatic N) is 1. The molecule has 0 saturated carbocycles. The molecule has 0 unspecified atom stereocenters. The first-order valence-corrected chi connectivity index (χ1v) is 7.51. The average Bonchev–Trinajstić information content (AvgIpc) is 2.83. The number of carbonyl (C=O) groups is 1. The highest BCUT2D eigenvalue weighted by Gasteiger charge is 2.37. The molecule has 1 N–H and O–H groups in total. The van der Waals surface area contributed by atoms with Gasteiger partial charge in [-0.3, -0.25) is 4.79 Å². The van der Waals surface area contributed by atoms with Crippen LogP contribution in [-0.4, -0.2) is 26.7 Å². The molecule has 1 aliphatic rings. The molecule has 0 atom stereocenters. The maximum atomic E-state index is 12.3. The molecule has 0 fully saturated rings. The number of terminal acetylenes is 1. The lowest BCUT2D eigenvalue weighted by Crippen LogP contribution is -2.25. The fourth-order valence-electron chi connectivity index (χ4n) is 3.02. The molecule has 0 aromatic heterocycles. The molecule has 0 bridgehead atoms. The average molecular weight is 324 g/mol. The Morgan fingerprint density at radius 3 is 2.50 bits per heavy atom. The van der Waals surface area contributed by atoms with E-state index in [1.54, 1.807) is 14.2 Å². The van der Waals surface area contributed by atoms with Gasteiger partial charge in [-0.05, 0) is 40.7 Å². The molecule has 0 spiro atoms. The summed E-state index contributed by atoms with van der Waals surface area (Å²) in [5, 5.41) is 12.1. The summed E-state index contributed by atoms with van der Waals surface area (Å²) in [5.41, 5.74) is 2.42. The van der Waals surface area contributed by atoms with E-state index in [9.17, 15) is 10.1 Å². The highest BCUT2D eigenvalue weighted by molar-refractivity contribution is 6.06. The number of allylic oxidation sites excluding steroid dienone is 1. The second-order valence-corrected chi connectivity index (χ2v) is 6.17. The van der Waals surface area contributed by atoms with Gasteiger partial charge < -0.3 is 14.8 Å². The van der Waals surface area contributed by atoms with Crippen molar-refractivity contribution in [3.8, 4) is 29.9 Å². The van der Waals surface area contributed by atoms with Crippen molar-refractivity contribution in [2.24, 2.45) is 0 Å². The Kier molecular flexibility index (Phi) is 4.85. The van der Waals surface area contributed by atoms with E-state index in [1.807, 2.05) is 18.2 Å². The van der Waals surface area contributed by atoms with E-state index in [4.69, 9.17) is 15.9 Å². The van der Waals surface area contributed by atoms with Crippen LogP contribution in [0.15, 0.2) is 17.7 Å². The van der Waals surface area contributed by atoms with Crippen LogP contribution in [0.25, 0.3) is 5.57 Å². The first-order valence-electron chi connectivity index (χ1n) is 7.51. The number of fused-ring (bicyclic) bond motifs is 1. The monoisotopic (exact) mass is 324 g/mol. The Labute approximate surface area is 142 Å². The van der Waals surface area contributed by atoms with Crippen LogP contribution in [-0.2, 0) is 10.2 Å². The maximum Gasteiger partial charge on any atom is 0.262 e. The summed E-state index contributed by atoms with van der Waals surface area (Å²) < 4.78 is 10.7. The molecular formula is C19H20N2O3. The van der Waals surface area contributed by atoms with Crippen LogP contribution in [0.2, 0.25) is 0 Å². The molecule has 0 aliphatic heterocycles. The van der Waals surface area contributed by atoms with Crippen molar-refractivity contribution in [1.82, 2.24) is 5.32 Å². The minimum atomic E-state index is -0.455. The van der Waals surface area contributed by atoms with Gasteiger partial charge in [-0.15, -0.1) is 6.42 Å². The molecule has 0 saturated heterocycles. The number of nitrogens with one attached hydrogen (secondary N) is 1. The molecule has 0 heterocycles. The minimum absolute atomic E-state index is 0.0828. The molecule has 0 radical (unpaired) electrons. The first kappa shape index (κ1) is 17.4. The van der Waals surface area contributed by atoms with Crippen molar-refractivity contribution in [2.75, 3.05) is 20.8 Å². The summed E-state index contributed by atoms with van der Waals surface area (Å²) in [5.74, 6) is 3.07. The largest absolute Gasteiger partial charge is 0.493 e. The third-order valence-corrected chi connectivity index (χ3v) is 4.19. The third kappa shape index (κ3) is 2.94. The van der Waals surface area contributed by atoms with Gasteiger partial charge in [0.2, 0.25) is 0 Å². The normalized spacial score (nSPS) is 16.4. The number of hydrogen-bond donors (Lipinski definition) is 1. The molecule has 5 nitrogen and oxygen atoms in total. The number of amides is 1. The fourth-order valence-corrected chi connectivity index (χ4v) is 3.02. The lowest BCUT2D eigenvalue weighted by Gasteiger charge is -2.19. The zero-order valence-corrected chi connectivity index (χ0v) is 14.3. The van der Waals surface area contributed by atoms with Gasteiger partial charge >= 0.3 is 0 Å². The number of methoxy groups -OCH3 is 2. The third-order valence-electron chi connectivity index (χ3n) is 4.19. The van der Waals surface area contributed by atoms with Gasteiger partial charge in [0, 0.05) is 0 Å². The molecule has 1 aliphatic carbocycles. The summed E-state index contributed by atoms with van der Waals surface area (Å²) in [6, 6.07) is 5.76. The van der Waals surface area contributed by atoms with E-state index in [0.29, 0.717) is 23.5 Å².